The Kier molecular flexibility index (Phi) is 3.54. The molecule has 1 amide bonds. The highest BCUT2D eigenvalue weighted by atomic mass is 16.2. The summed E-state index contributed by atoms with van der Waals surface area (Å²) in [6, 6.07) is 12.1. The van der Waals surface area contributed by atoms with Crippen molar-refractivity contribution in [1.82, 2.24) is 20.1 Å². The number of pyridine rings is 1. The molecule has 0 spiro atoms. The third kappa shape index (κ3) is 2.70. The maximum atomic E-state index is 12.4. The highest BCUT2D eigenvalue weighted by molar-refractivity contribution is 5.92. The van der Waals surface area contributed by atoms with Gasteiger partial charge < -0.3 is 4.90 Å². The summed E-state index contributed by atoms with van der Waals surface area (Å²) in [4.78, 5) is 18.7. The number of benzene rings is 1. The maximum absolute atomic E-state index is 12.4. The van der Waals surface area contributed by atoms with Crippen LogP contribution in [0.5, 0.6) is 0 Å². The first-order valence-corrected chi connectivity index (χ1v) is 7.92. The summed E-state index contributed by atoms with van der Waals surface area (Å²) in [5.74, 6) is 0.539. The second-order valence-electron chi connectivity index (χ2n) is 6.07. The molecule has 2 aromatic heterocycles. The predicted molar refractivity (Wildman–Crippen MR) is 88.0 cm³/mol. The number of aromatic amines is 1. The average molecular weight is 306 g/mol. The summed E-state index contributed by atoms with van der Waals surface area (Å²) >= 11 is 0. The number of fused-ring (bicyclic) bond motifs is 1. The van der Waals surface area contributed by atoms with Gasteiger partial charge in [0.2, 0.25) is 0 Å². The van der Waals surface area contributed by atoms with Crippen LogP contribution in [0.2, 0.25) is 0 Å². The fraction of sp³-hybridized carbons (Fsp3) is 0.278. The van der Waals surface area contributed by atoms with Crippen molar-refractivity contribution in [1.29, 1.82) is 0 Å². The normalized spacial score (nSPS) is 17.7. The molecule has 0 radical (unpaired) electrons. The quantitative estimate of drug-likeness (QED) is 0.809. The van der Waals surface area contributed by atoms with Gasteiger partial charge in [-0.05, 0) is 42.5 Å². The summed E-state index contributed by atoms with van der Waals surface area (Å²) in [5.41, 5.74) is 2.92. The van der Waals surface area contributed by atoms with Crippen LogP contribution in [0.3, 0.4) is 0 Å². The minimum absolute atomic E-state index is 0.0459. The van der Waals surface area contributed by atoms with Crippen LogP contribution in [0.25, 0.3) is 10.9 Å². The minimum atomic E-state index is 0.0459. The van der Waals surface area contributed by atoms with Crippen LogP contribution in [0, 0.1) is 5.92 Å². The highest BCUT2D eigenvalue weighted by Gasteiger charge is 2.27. The Morgan fingerprint density at radius 3 is 3.00 bits per heavy atom. The Labute approximate surface area is 134 Å². The molecular formula is C18H18N4O. The molecule has 1 saturated heterocycles. The SMILES string of the molecule is O=C(c1ccn[nH]1)N1CC[C@@H](Cc2ccnc3ccccc23)C1. The largest absolute Gasteiger partial charge is 0.337 e. The standard InChI is InChI=1S/C18H18N4O/c23-18(17-6-9-20-21-17)22-10-7-13(12-22)11-14-5-8-19-16-4-2-1-3-15(14)16/h1-6,8-9,13H,7,10-12H2,(H,20,21)/t13-/m0/s1. The number of amides is 1. The van der Waals surface area contributed by atoms with E-state index in [9.17, 15) is 4.79 Å². The van der Waals surface area contributed by atoms with Gasteiger partial charge >= 0.3 is 0 Å². The number of carbonyl (C=O) groups is 1. The zero-order chi connectivity index (χ0) is 15.6. The van der Waals surface area contributed by atoms with E-state index < -0.39 is 0 Å². The fourth-order valence-electron chi connectivity index (χ4n) is 3.37. The lowest BCUT2D eigenvalue weighted by Crippen LogP contribution is -2.29. The lowest BCUT2D eigenvalue weighted by Gasteiger charge is -2.16. The molecule has 0 bridgehead atoms. The van der Waals surface area contributed by atoms with Crippen molar-refractivity contribution < 1.29 is 4.79 Å². The summed E-state index contributed by atoms with van der Waals surface area (Å²) in [7, 11) is 0. The van der Waals surface area contributed by atoms with Gasteiger partial charge in [0.15, 0.2) is 0 Å². The van der Waals surface area contributed by atoms with Crippen LogP contribution >= 0.6 is 0 Å². The van der Waals surface area contributed by atoms with Gasteiger partial charge in [-0.1, -0.05) is 18.2 Å². The van der Waals surface area contributed by atoms with E-state index in [1.54, 1.807) is 12.3 Å². The molecule has 0 unspecified atom stereocenters. The average Bonchev–Trinajstić information content (AvgIpc) is 3.27. The molecule has 1 atom stereocenters. The molecule has 23 heavy (non-hydrogen) atoms. The number of nitrogens with zero attached hydrogens (tertiary/aromatic N) is 3. The number of hydrogen-bond acceptors (Lipinski definition) is 3. The molecule has 5 nitrogen and oxygen atoms in total. The molecule has 1 aromatic carbocycles. The van der Waals surface area contributed by atoms with E-state index in [1.165, 1.54) is 10.9 Å². The van der Waals surface area contributed by atoms with E-state index in [-0.39, 0.29) is 5.91 Å². The number of rotatable bonds is 3. The zero-order valence-electron chi connectivity index (χ0n) is 12.8. The van der Waals surface area contributed by atoms with E-state index in [0.717, 1.165) is 31.4 Å². The van der Waals surface area contributed by atoms with Crippen LogP contribution in [0.1, 0.15) is 22.5 Å². The highest BCUT2D eigenvalue weighted by Crippen LogP contribution is 2.25. The molecule has 116 valence electrons. The van der Waals surface area contributed by atoms with Crippen LogP contribution in [-0.4, -0.2) is 39.1 Å². The molecule has 1 fully saturated rings. The van der Waals surface area contributed by atoms with Gasteiger partial charge in [-0.25, -0.2) is 0 Å². The topological polar surface area (TPSA) is 61.9 Å². The van der Waals surface area contributed by atoms with Crippen LogP contribution < -0.4 is 0 Å². The van der Waals surface area contributed by atoms with E-state index in [2.05, 4.69) is 33.4 Å². The number of nitrogens with one attached hydrogen (secondary N) is 1. The number of hydrogen-bond donors (Lipinski definition) is 1. The van der Waals surface area contributed by atoms with E-state index >= 15 is 0 Å². The van der Waals surface area contributed by atoms with Crippen molar-refractivity contribution in [2.75, 3.05) is 13.1 Å². The molecular weight excluding hydrogens is 288 g/mol. The fourth-order valence-corrected chi connectivity index (χ4v) is 3.37. The maximum Gasteiger partial charge on any atom is 0.271 e. The Hall–Kier alpha value is -2.69. The molecule has 0 saturated carbocycles. The summed E-state index contributed by atoms with van der Waals surface area (Å²) < 4.78 is 0. The molecule has 5 heteroatoms. The van der Waals surface area contributed by atoms with Gasteiger partial charge in [-0.3, -0.25) is 14.9 Å². The van der Waals surface area contributed by atoms with Gasteiger partial charge in [-0.15, -0.1) is 0 Å². The third-order valence-electron chi connectivity index (χ3n) is 4.55. The van der Waals surface area contributed by atoms with Crippen molar-refractivity contribution in [3.63, 3.8) is 0 Å². The Bertz CT molecular complexity index is 823. The van der Waals surface area contributed by atoms with Gasteiger partial charge in [0, 0.05) is 30.9 Å². The second-order valence-corrected chi connectivity index (χ2v) is 6.07. The first kappa shape index (κ1) is 13.9. The monoisotopic (exact) mass is 306 g/mol. The number of H-pyrrole nitrogens is 1. The van der Waals surface area contributed by atoms with Crippen molar-refractivity contribution in [3.8, 4) is 0 Å². The Morgan fingerprint density at radius 1 is 1.22 bits per heavy atom. The van der Waals surface area contributed by atoms with Gasteiger partial charge in [0.1, 0.15) is 5.69 Å². The number of para-hydroxylation sites is 1. The van der Waals surface area contributed by atoms with Crippen LogP contribution in [-0.2, 0) is 6.42 Å². The minimum Gasteiger partial charge on any atom is -0.337 e. The van der Waals surface area contributed by atoms with E-state index in [1.807, 2.05) is 23.2 Å². The predicted octanol–water partition coefficient (Wildman–Crippen LogP) is 2.66. The second kappa shape index (κ2) is 5.83. The molecule has 3 aromatic rings. The first-order chi connectivity index (χ1) is 11.3. The lowest BCUT2D eigenvalue weighted by atomic mass is 9.96. The lowest BCUT2D eigenvalue weighted by molar-refractivity contribution is 0.0781. The molecule has 3 heterocycles. The van der Waals surface area contributed by atoms with Crippen LogP contribution in [0.4, 0.5) is 0 Å². The number of aromatic nitrogens is 3. The number of likely N-dealkylation sites (tertiary alicyclic amines) is 1. The van der Waals surface area contributed by atoms with Gasteiger partial charge in [0.25, 0.3) is 5.91 Å². The molecule has 1 N–H and O–H groups in total. The van der Waals surface area contributed by atoms with Crippen molar-refractivity contribution in [2.45, 2.75) is 12.8 Å². The summed E-state index contributed by atoms with van der Waals surface area (Å²) in [5, 5.41) is 7.83. The van der Waals surface area contributed by atoms with Crippen molar-refractivity contribution in [3.05, 3.63) is 60.0 Å². The summed E-state index contributed by atoms with van der Waals surface area (Å²) in [6.07, 6.45) is 5.51. The Morgan fingerprint density at radius 2 is 2.13 bits per heavy atom. The van der Waals surface area contributed by atoms with Crippen molar-refractivity contribution >= 4 is 16.8 Å². The van der Waals surface area contributed by atoms with Crippen molar-refractivity contribution in [2.24, 2.45) is 5.92 Å². The zero-order valence-corrected chi connectivity index (χ0v) is 12.8. The Balaban J connectivity index is 1.49. The molecule has 4 rings (SSSR count). The van der Waals surface area contributed by atoms with Crippen LogP contribution in [0.15, 0.2) is 48.8 Å². The molecule has 1 aliphatic heterocycles. The van der Waals surface area contributed by atoms with E-state index in [0.29, 0.717) is 11.6 Å². The molecule has 1 aliphatic rings. The van der Waals surface area contributed by atoms with Gasteiger partial charge in [0.05, 0.1) is 5.52 Å². The summed E-state index contributed by atoms with van der Waals surface area (Å²) in [6.45, 7) is 1.61. The first-order valence-electron chi connectivity index (χ1n) is 7.92. The molecule has 0 aliphatic carbocycles. The van der Waals surface area contributed by atoms with Gasteiger partial charge in [-0.2, -0.15) is 5.10 Å². The smallest absolute Gasteiger partial charge is 0.271 e. The third-order valence-corrected chi connectivity index (χ3v) is 4.55. The van der Waals surface area contributed by atoms with E-state index in [4.69, 9.17) is 0 Å². The number of carbonyl (C=O) groups excluding carboxylic acids is 1.